The smallest absolute Gasteiger partial charge is 0.144 e. The maximum atomic E-state index is 13.5. The lowest BCUT2D eigenvalue weighted by Gasteiger charge is -2.60. The summed E-state index contributed by atoms with van der Waals surface area (Å²) in [6, 6.07) is 6.46. The molecular weight excluding hydrogens is 253 g/mol. The van der Waals surface area contributed by atoms with E-state index in [0.29, 0.717) is 29.6 Å². The first kappa shape index (κ1) is 13.4. The van der Waals surface area contributed by atoms with Crippen LogP contribution in [0.5, 0.6) is 5.75 Å². The van der Waals surface area contributed by atoms with E-state index in [0.717, 1.165) is 5.92 Å². The molecule has 3 aliphatic rings. The van der Waals surface area contributed by atoms with Crippen LogP contribution in [-0.2, 0) is 0 Å². The summed E-state index contributed by atoms with van der Waals surface area (Å²) in [6.45, 7) is 5.29. The van der Waals surface area contributed by atoms with Crippen molar-refractivity contribution in [3.05, 3.63) is 29.6 Å². The third-order valence-electron chi connectivity index (χ3n) is 5.54. The number of rotatable bonds is 3. The van der Waals surface area contributed by atoms with Gasteiger partial charge in [-0.3, -0.25) is 0 Å². The van der Waals surface area contributed by atoms with E-state index in [1.165, 1.54) is 25.3 Å². The van der Waals surface area contributed by atoms with Crippen LogP contribution in [0.4, 0.5) is 4.39 Å². The van der Waals surface area contributed by atoms with E-state index in [2.05, 4.69) is 13.8 Å². The molecule has 0 amide bonds. The Balaban J connectivity index is 1.69. The van der Waals surface area contributed by atoms with Crippen molar-refractivity contribution in [2.75, 3.05) is 6.61 Å². The minimum absolute atomic E-state index is 0.0223. The molecule has 2 bridgehead atoms. The van der Waals surface area contributed by atoms with E-state index in [-0.39, 0.29) is 5.56 Å². The Hall–Kier alpha value is -1.56. The topological polar surface area (TPSA) is 33.0 Å². The van der Waals surface area contributed by atoms with Gasteiger partial charge in [0.15, 0.2) is 0 Å². The van der Waals surface area contributed by atoms with Crippen molar-refractivity contribution in [2.45, 2.75) is 33.1 Å². The maximum absolute atomic E-state index is 13.5. The molecule has 20 heavy (non-hydrogen) atoms. The summed E-state index contributed by atoms with van der Waals surface area (Å²) in [5, 5.41) is 9.01. The maximum Gasteiger partial charge on any atom is 0.144 e. The second kappa shape index (κ2) is 4.77. The van der Waals surface area contributed by atoms with Gasteiger partial charge in [0.1, 0.15) is 23.2 Å². The standard InChI is InChI=1S/C17H20FNO/c1-17(2)12-7-6-11(14(17)8-12)10-20-16-5-3-4-15(18)13(16)9-19/h3-5,11-12,14H,6-8,10H2,1-2H3/t11-,12?,14?/m0/s1. The fourth-order valence-corrected chi connectivity index (χ4v) is 4.09. The van der Waals surface area contributed by atoms with Crippen molar-refractivity contribution >= 4 is 0 Å². The first-order valence-corrected chi connectivity index (χ1v) is 7.35. The molecule has 1 aromatic carbocycles. The molecule has 3 fully saturated rings. The summed E-state index contributed by atoms with van der Waals surface area (Å²) in [5.74, 6) is 1.99. The van der Waals surface area contributed by atoms with E-state index in [4.69, 9.17) is 10.00 Å². The molecule has 106 valence electrons. The Morgan fingerprint density at radius 1 is 1.40 bits per heavy atom. The Morgan fingerprint density at radius 3 is 2.85 bits per heavy atom. The van der Waals surface area contributed by atoms with Gasteiger partial charge in [0, 0.05) is 0 Å². The number of hydrogen-bond donors (Lipinski definition) is 0. The summed E-state index contributed by atoms with van der Waals surface area (Å²) in [4.78, 5) is 0. The van der Waals surface area contributed by atoms with Gasteiger partial charge in [-0.1, -0.05) is 19.9 Å². The fourth-order valence-electron chi connectivity index (χ4n) is 4.09. The molecule has 1 aromatic rings. The predicted molar refractivity (Wildman–Crippen MR) is 74.7 cm³/mol. The summed E-state index contributed by atoms with van der Waals surface area (Å²) in [5.41, 5.74) is 0.445. The highest BCUT2D eigenvalue weighted by atomic mass is 19.1. The van der Waals surface area contributed by atoms with Gasteiger partial charge in [0.05, 0.1) is 6.61 Å². The Morgan fingerprint density at radius 2 is 2.20 bits per heavy atom. The summed E-state index contributed by atoms with van der Waals surface area (Å²) >= 11 is 0. The molecule has 0 heterocycles. The van der Waals surface area contributed by atoms with Gasteiger partial charge in [0.25, 0.3) is 0 Å². The minimum atomic E-state index is -0.502. The van der Waals surface area contributed by atoms with Gasteiger partial charge >= 0.3 is 0 Å². The van der Waals surface area contributed by atoms with Crippen LogP contribution in [0.25, 0.3) is 0 Å². The van der Waals surface area contributed by atoms with Crippen molar-refractivity contribution in [1.29, 1.82) is 5.26 Å². The van der Waals surface area contributed by atoms with Crippen molar-refractivity contribution in [3.63, 3.8) is 0 Å². The third-order valence-corrected chi connectivity index (χ3v) is 5.54. The largest absolute Gasteiger partial charge is 0.492 e. The Labute approximate surface area is 119 Å². The first-order chi connectivity index (χ1) is 9.54. The molecule has 3 aliphatic carbocycles. The minimum Gasteiger partial charge on any atom is -0.492 e. The summed E-state index contributed by atoms with van der Waals surface area (Å²) < 4.78 is 19.3. The van der Waals surface area contributed by atoms with Crippen LogP contribution in [0.1, 0.15) is 38.7 Å². The van der Waals surface area contributed by atoms with E-state index in [9.17, 15) is 4.39 Å². The van der Waals surface area contributed by atoms with Crippen molar-refractivity contribution in [2.24, 2.45) is 23.2 Å². The van der Waals surface area contributed by atoms with Crippen molar-refractivity contribution < 1.29 is 9.13 Å². The molecule has 0 radical (unpaired) electrons. The monoisotopic (exact) mass is 273 g/mol. The molecule has 2 unspecified atom stereocenters. The van der Waals surface area contributed by atoms with Crippen LogP contribution in [0.15, 0.2) is 18.2 Å². The number of benzene rings is 1. The average molecular weight is 273 g/mol. The van der Waals surface area contributed by atoms with E-state index >= 15 is 0 Å². The highest BCUT2D eigenvalue weighted by molar-refractivity contribution is 5.43. The van der Waals surface area contributed by atoms with Crippen molar-refractivity contribution in [1.82, 2.24) is 0 Å². The third kappa shape index (κ3) is 1.98. The second-order valence-corrected chi connectivity index (χ2v) is 6.73. The SMILES string of the molecule is CC1(C)C2CC[C@@H](COc3cccc(F)c3C#N)C1C2. The zero-order valence-corrected chi connectivity index (χ0v) is 12.0. The molecule has 0 N–H and O–H groups in total. The zero-order chi connectivity index (χ0) is 14.3. The van der Waals surface area contributed by atoms with Gasteiger partial charge < -0.3 is 4.74 Å². The number of nitriles is 1. The molecule has 3 atom stereocenters. The highest BCUT2D eigenvalue weighted by Crippen LogP contribution is 2.61. The van der Waals surface area contributed by atoms with Crippen LogP contribution in [-0.4, -0.2) is 6.61 Å². The lowest BCUT2D eigenvalue weighted by atomic mass is 9.46. The molecule has 4 rings (SSSR count). The molecule has 3 heteroatoms. The molecule has 0 aromatic heterocycles. The second-order valence-electron chi connectivity index (χ2n) is 6.73. The number of ether oxygens (including phenoxy) is 1. The molecule has 0 saturated heterocycles. The van der Waals surface area contributed by atoms with Gasteiger partial charge in [-0.05, 0) is 54.6 Å². The van der Waals surface area contributed by atoms with E-state index in [1.54, 1.807) is 12.1 Å². The van der Waals surface area contributed by atoms with Gasteiger partial charge in [0.2, 0.25) is 0 Å². The zero-order valence-electron chi connectivity index (χ0n) is 12.0. The van der Waals surface area contributed by atoms with Crippen LogP contribution in [0.2, 0.25) is 0 Å². The van der Waals surface area contributed by atoms with Crippen LogP contribution >= 0.6 is 0 Å². The number of halogens is 1. The molecule has 2 nitrogen and oxygen atoms in total. The highest BCUT2D eigenvalue weighted by Gasteiger charge is 2.54. The molecule has 3 saturated carbocycles. The van der Waals surface area contributed by atoms with E-state index in [1.807, 2.05) is 6.07 Å². The number of fused-ring (bicyclic) bond motifs is 2. The molecular formula is C17H20FNO. The lowest BCUT2D eigenvalue weighted by Crippen LogP contribution is -2.53. The van der Waals surface area contributed by atoms with Crippen LogP contribution in [0, 0.1) is 40.3 Å². The Bertz CT molecular complexity index is 559. The van der Waals surface area contributed by atoms with Crippen LogP contribution in [0.3, 0.4) is 0 Å². The quantitative estimate of drug-likeness (QED) is 0.829. The van der Waals surface area contributed by atoms with Crippen LogP contribution < -0.4 is 4.74 Å². The number of hydrogen-bond acceptors (Lipinski definition) is 2. The molecule has 0 spiro atoms. The number of nitrogens with zero attached hydrogens (tertiary/aromatic N) is 1. The van der Waals surface area contributed by atoms with Crippen molar-refractivity contribution in [3.8, 4) is 11.8 Å². The molecule has 0 aliphatic heterocycles. The van der Waals surface area contributed by atoms with Gasteiger partial charge in [-0.15, -0.1) is 0 Å². The van der Waals surface area contributed by atoms with Gasteiger partial charge in [-0.2, -0.15) is 5.26 Å². The summed E-state index contributed by atoms with van der Waals surface area (Å²) in [6.07, 6.45) is 3.76. The Kier molecular flexibility index (Phi) is 3.20. The fraction of sp³-hybridized carbons (Fsp3) is 0.588. The normalized spacial score (nSPS) is 30.2. The lowest BCUT2D eigenvalue weighted by molar-refractivity contribution is -0.114. The van der Waals surface area contributed by atoms with E-state index < -0.39 is 5.82 Å². The van der Waals surface area contributed by atoms with Gasteiger partial charge in [-0.25, -0.2) is 4.39 Å². The predicted octanol–water partition coefficient (Wildman–Crippen LogP) is 4.15. The average Bonchev–Trinajstić information content (AvgIpc) is 2.45. The summed E-state index contributed by atoms with van der Waals surface area (Å²) in [7, 11) is 0. The first-order valence-electron chi connectivity index (χ1n) is 7.35.